The highest BCUT2D eigenvalue weighted by atomic mass is 16.7. The van der Waals surface area contributed by atoms with Gasteiger partial charge in [0.1, 0.15) is 48.8 Å². The van der Waals surface area contributed by atoms with Crippen molar-refractivity contribution in [2.45, 2.75) is 286 Å². The smallest absolute Gasteiger partial charge is 0.220 e. The number of unbranched alkanes of at least 4 members (excludes halogenated alkanes) is 20. The van der Waals surface area contributed by atoms with E-state index in [-0.39, 0.29) is 12.5 Å². The molecular weight excluding hydrogens is 979 g/mol. The lowest BCUT2D eigenvalue weighted by Gasteiger charge is -2.46. The van der Waals surface area contributed by atoms with Crippen molar-refractivity contribution in [3.8, 4) is 0 Å². The molecule has 2 aliphatic heterocycles. The molecule has 444 valence electrons. The normalized spacial score (nSPS) is 25.3. The molecule has 0 aromatic heterocycles. The molecule has 14 nitrogen and oxygen atoms in total. The summed E-state index contributed by atoms with van der Waals surface area (Å²) in [5, 5.41) is 87.0. The molecule has 2 rings (SSSR count). The molecule has 2 heterocycles. The number of rotatable bonds is 47. The molecule has 2 aliphatic rings. The monoisotopic (exact) mass is 1090 g/mol. The highest BCUT2D eigenvalue weighted by molar-refractivity contribution is 5.76. The van der Waals surface area contributed by atoms with Gasteiger partial charge in [0, 0.05) is 6.42 Å². The van der Waals surface area contributed by atoms with Gasteiger partial charge in [0.25, 0.3) is 0 Å². The van der Waals surface area contributed by atoms with Crippen LogP contribution in [0.25, 0.3) is 0 Å². The number of amides is 1. The van der Waals surface area contributed by atoms with E-state index in [4.69, 9.17) is 18.9 Å². The Morgan fingerprint density at radius 2 is 0.896 bits per heavy atom. The molecule has 77 heavy (non-hydrogen) atoms. The quantitative estimate of drug-likeness (QED) is 0.0204. The third kappa shape index (κ3) is 33.5. The largest absolute Gasteiger partial charge is 0.394 e. The van der Waals surface area contributed by atoms with Gasteiger partial charge in [-0.05, 0) is 70.6 Å². The number of aliphatic hydroxyl groups is 8. The SMILES string of the molecule is CC/C=C\C/C=C\C/C=C\C/C=C\C/C=C\C/C=C\C/C=C\CCCCCCCCCCCCCC(=O)NC(COC1OC(CO)C(OC2OC(CO)C(O)C(O)C2O)C(O)C1O)C(O)CCCCCCCCCCCC. The van der Waals surface area contributed by atoms with Crippen LogP contribution in [0.1, 0.15) is 213 Å². The highest BCUT2D eigenvalue weighted by Gasteiger charge is 2.51. The van der Waals surface area contributed by atoms with Crippen LogP contribution in [0, 0.1) is 0 Å². The second kappa shape index (κ2) is 47.9. The van der Waals surface area contributed by atoms with Crippen LogP contribution in [0.4, 0.5) is 0 Å². The second-order valence-corrected chi connectivity index (χ2v) is 21.1. The molecule has 2 saturated heterocycles. The molecule has 0 aromatic carbocycles. The predicted octanol–water partition coefficient (Wildman–Crippen LogP) is 10.5. The van der Waals surface area contributed by atoms with Gasteiger partial charge in [-0.1, -0.05) is 221 Å². The molecule has 0 aliphatic carbocycles. The fraction of sp³-hybridized carbons (Fsp3) is 0.762. The van der Waals surface area contributed by atoms with E-state index in [0.29, 0.717) is 19.3 Å². The van der Waals surface area contributed by atoms with E-state index in [2.05, 4.69) is 104 Å². The highest BCUT2D eigenvalue weighted by Crippen LogP contribution is 2.30. The molecule has 1 amide bonds. The summed E-state index contributed by atoms with van der Waals surface area (Å²) in [5.41, 5.74) is 0. The zero-order valence-corrected chi connectivity index (χ0v) is 47.7. The van der Waals surface area contributed by atoms with Crippen molar-refractivity contribution in [2.75, 3.05) is 19.8 Å². The fourth-order valence-electron chi connectivity index (χ4n) is 9.51. The number of aliphatic hydroxyl groups excluding tert-OH is 8. The summed E-state index contributed by atoms with van der Waals surface area (Å²) in [5.74, 6) is -0.215. The average molecular weight is 1090 g/mol. The second-order valence-electron chi connectivity index (χ2n) is 21.1. The predicted molar refractivity (Wildman–Crippen MR) is 309 cm³/mol. The lowest BCUT2D eigenvalue weighted by molar-refractivity contribution is -0.359. The summed E-state index contributed by atoms with van der Waals surface area (Å²) in [7, 11) is 0. The molecule has 0 saturated carbocycles. The van der Waals surface area contributed by atoms with Crippen LogP contribution in [0.2, 0.25) is 0 Å². The zero-order chi connectivity index (χ0) is 56.0. The molecule has 12 unspecified atom stereocenters. The Morgan fingerprint density at radius 3 is 1.38 bits per heavy atom. The van der Waals surface area contributed by atoms with Crippen molar-refractivity contribution in [2.24, 2.45) is 0 Å². The summed E-state index contributed by atoms with van der Waals surface area (Å²) in [6, 6.07) is -0.833. The van der Waals surface area contributed by atoms with Crippen LogP contribution in [-0.4, -0.2) is 140 Å². The minimum absolute atomic E-state index is 0.215. The Labute approximate surface area is 465 Å². The van der Waals surface area contributed by atoms with Crippen LogP contribution in [0.3, 0.4) is 0 Å². The Morgan fingerprint density at radius 1 is 0.481 bits per heavy atom. The van der Waals surface area contributed by atoms with E-state index >= 15 is 0 Å². The van der Waals surface area contributed by atoms with Gasteiger partial charge in [-0.25, -0.2) is 0 Å². The van der Waals surface area contributed by atoms with Crippen LogP contribution < -0.4 is 5.32 Å². The number of ether oxygens (including phenoxy) is 4. The number of nitrogens with one attached hydrogen (secondary N) is 1. The lowest BCUT2D eigenvalue weighted by atomic mass is 9.97. The van der Waals surface area contributed by atoms with Gasteiger partial charge in [0.05, 0.1) is 32.0 Å². The summed E-state index contributed by atoms with van der Waals surface area (Å²) < 4.78 is 22.8. The van der Waals surface area contributed by atoms with Gasteiger partial charge in [-0.15, -0.1) is 0 Å². The van der Waals surface area contributed by atoms with E-state index in [1.54, 1.807) is 0 Å². The fourth-order valence-corrected chi connectivity index (χ4v) is 9.51. The topological polar surface area (TPSA) is 228 Å². The number of hydrogen-bond donors (Lipinski definition) is 9. The molecule has 2 fully saturated rings. The van der Waals surface area contributed by atoms with Crippen molar-refractivity contribution in [1.82, 2.24) is 5.32 Å². The molecule has 12 atom stereocenters. The number of hydrogen-bond acceptors (Lipinski definition) is 13. The minimum atomic E-state index is -1.78. The van der Waals surface area contributed by atoms with Gasteiger partial charge in [-0.2, -0.15) is 0 Å². The van der Waals surface area contributed by atoms with E-state index in [1.807, 2.05) is 0 Å². The summed E-state index contributed by atoms with van der Waals surface area (Å²) in [6.07, 6.45) is 47.4. The molecule has 0 spiro atoms. The number of carbonyl (C=O) groups is 1. The van der Waals surface area contributed by atoms with Crippen molar-refractivity contribution >= 4 is 5.91 Å². The first-order chi connectivity index (χ1) is 37.6. The standard InChI is InChI=1S/C63H109NO13/c1-3-5-7-9-11-13-15-16-17-18-19-20-21-22-23-24-25-26-27-28-29-30-31-32-33-34-35-36-37-39-41-43-45-47-55(68)64-51(52(67)46-44-42-40-38-14-12-10-8-6-4-2)50-74-62-60(73)58(71)61(54(49-66)76-62)77-63-59(72)57(70)56(69)53(48-65)75-63/h5,7,11,13,16-17,19-20,22-23,25-26,28-29,51-54,56-63,65-67,69-73H,3-4,6,8-10,12,14-15,18,21,24,27,30-50H2,1-2H3,(H,64,68)/b7-5-,13-11-,17-16-,20-19-,23-22-,26-25-,29-28-. The van der Waals surface area contributed by atoms with Crippen molar-refractivity contribution in [3.05, 3.63) is 85.1 Å². The van der Waals surface area contributed by atoms with E-state index in [0.717, 1.165) is 96.3 Å². The maximum absolute atomic E-state index is 13.2. The number of carbonyl (C=O) groups excluding carboxylic acids is 1. The Kier molecular flexibility index (Phi) is 43.7. The summed E-state index contributed by atoms with van der Waals surface area (Å²) in [4.78, 5) is 13.2. The molecule has 14 heteroatoms. The maximum Gasteiger partial charge on any atom is 0.220 e. The first-order valence-corrected chi connectivity index (χ1v) is 30.3. The van der Waals surface area contributed by atoms with E-state index < -0.39 is 86.8 Å². The van der Waals surface area contributed by atoms with Gasteiger partial charge in [-0.3, -0.25) is 4.79 Å². The Hall–Kier alpha value is -2.83. The van der Waals surface area contributed by atoms with Crippen LogP contribution in [0.15, 0.2) is 85.1 Å². The van der Waals surface area contributed by atoms with Crippen molar-refractivity contribution in [1.29, 1.82) is 0 Å². The molecular formula is C63H109NO13. The van der Waals surface area contributed by atoms with Gasteiger partial charge < -0.3 is 65.1 Å². The Bertz CT molecular complexity index is 1610. The van der Waals surface area contributed by atoms with Gasteiger partial charge >= 0.3 is 0 Å². The maximum atomic E-state index is 13.2. The Balaban J connectivity index is 1.64. The van der Waals surface area contributed by atoms with E-state index in [9.17, 15) is 45.6 Å². The van der Waals surface area contributed by atoms with Gasteiger partial charge in [0.2, 0.25) is 5.91 Å². The van der Waals surface area contributed by atoms with Crippen molar-refractivity contribution in [3.63, 3.8) is 0 Å². The number of allylic oxidation sites excluding steroid dienone is 14. The molecule has 9 N–H and O–H groups in total. The van der Waals surface area contributed by atoms with E-state index in [1.165, 1.54) is 83.5 Å². The van der Waals surface area contributed by atoms with Crippen LogP contribution in [0.5, 0.6) is 0 Å². The zero-order valence-electron chi connectivity index (χ0n) is 47.7. The molecule has 0 bridgehead atoms. The minimum Gasteiger partial charge on any atom is -0.394 e. The van der Waals surface area contributed by atoms with Crippen LogP contribution in [-0.2, 0) is 23.7 Å². The lowest BCUT2D eigenvalue weighted by Crippen LogP contribution is -2.65. The molecule has 0 aromatic rings. The first-order valence-electron chi connectivity index (χ1n) is 30.3. The van der Waals surface area contributed by atoms with Crippen molar-refractivity contribution < 1.29 is 64.6 Å². The molecule has 0 radical (unpaired) electrons. The third-order valence-corrected chi connectivity index (χ3v) is 14.4. The summed E-state index contributed by atoms with van der Waals surface area (Å²) in [6.45, 7) is 2.71. The van der Waals surface area contributed by atoms with Crippen LogP contribution >= 0.6 is 0 Å². The first kappa shape index (κ1) is 70.3. The average Bonchev–Trinajstić information content (AvgIpc) is 3.45. The van der Waals surface area contributed by atoms with Gasteiger partial charge in [0.15, 0.2) is 12.6 Å². The summed E-state index contributed by atoms with van der Waals surface area (Å²) >= 11 is 0. The third-order valence-electron chi connectivity index (χ3n) is 14.4.